The Balaban J connectivity index is 1.72. The predicted molar refractivity (Wildman–Crippen MR) is 91.9 cm³/mol. The normalized spacial score (nSPS) is 28.0. The van der Waals surface area contributed by atoms with Crippen molar-refractivity contribution in [2.45, 2.75) is 31.9 Å². The van der Waals surface area contributed by atoms with Crippen molar-refractivity contribution in [1.29, 1.82) is 0 Å². The van der Waals surface area contributed by atoms with Crippen molar-refractivity contribution < 1.29 is 13.9 Å². The zero-order valence-electron chi connectivity index (χ0n) is 13.5. The van der Waals surface area contributed by atoms with E-state index in [1.54, 1.807) is 0 Å². The Hall–Kier alpha value is -0.880. The highest BCUT2D eigenvalue weighted by molar-refractivity contribution is 6.35. The molecule has 0 aromatic heterocycles. The number of piperidine rings is 1. The maximum atomic E-state index is 13.8. The van der Waals surface area contributed by atoms with Crippen LogP contribution in [0.4, 0.5) is 4.39 Å². The molecule has 1 N–H and O–H groups in total. The Bertz CT molecular complexity index is 629. The molecule has 0 radical (unpaired) electrons. The van der Waals surface area contributed by atoms with E-state index in [4.69, 9.17) is 27.9 Å². The summed E-state index contributed by atoms with van der Waals surface area (Å²) in [5.41, 5.74) is 0.537. The number of carbonyl (C=O) groups is 1. The molecule has 2 aliphatic rings. The van der Waals surface area contributed by atoms with Gasteiger partial charge in [-0.2, -0.15) is 0 Å². The molecule has 1 unspecified atom stereocenters. The van der Waals surface area contributed by atoms with Gasteiger partial charge >= 0.3 is 0 Å². The first-order valence-corrected chi connectivity index (χ1v) is 8.99. The third kappa shape index (κ3) is 3.85. The van der Waals surface area contributed by atoms with Gasteiger partial charge in [-0.3, -0.25) is 4.79 Å². The molecule has 1 amide bonds. The predicted octanol–water partition coefficient (Wildman–Crippen LogP) is 3.42. The van der Waals surface area contributed by atoms with E-state index in [0.717, 1.165) is 19.4 Å². The van der Waals surface area contributed by atoms with Crippen molar-refractivity contribution in [3.8, 4) is 0 Å². The van der Waals surface area contributed by atoms with Gasteiger partial charge < -0.3 is 15.0 Å². The van der Waals surface area contributed by atoms with E-state index >= 15 is 0 Å². The van der Waals surface area contributed by atoms with Crippen LogP contribution in [0.3, 0.4) is 0 Å². The Morgan fingerprint density at radius 2 is 2.17 bits per heavy atom. The van der Waals surface area contributed by atoms with Gasteiger partial charge in [-0.15, -0.1) is 0 Å². The van der Waals surface area contributed by atoms with Crippen LogP contribution in [-0.4, -0.2) is 43.1 Å². The molecular weight excluding hydrogens is 354 g/mol. The van der Waals surface area contributed by atoms with Crippen LogP contribution in [-0.2, 0) is 9.53 Å². The molecule has 0 aliphatic carbocycles. The van der Waals surface area contributed by atoms with Crippen LogP contribution >= 0.6 is 23.2 Å². The third-order valence-electron chi connectivity index (χ3n) is 4.74. The van der Waals surface area contributed by atoms with Gasteiger partial charge in [0.15, 0.2) is 0 Å². The van der Waals surface area contributed by atoms with Crippen molar-refractivity contribution in [2.75, 3.05) is 26.2 Å². The van der Waals surface area contributed by atoms with E-state index in [1.807, 2.05) is 4.90 Å². The molecule has 2 heterocycles. The highest BCUT2D eigenvalue weighted by Gasteiger charge is 2.33. The Morgan fingerprint density at radius 3 is 2.92 bits per heavy atom. The van der Waals surface area contributed by atoms with Gasteiger partial charge in [0.05, 0.1) is 18.2 Å². The van der Waals surface area contributed by atoms with Crippen LogP contribution < -0.4 is 5.32 Å². The molecule has 24 heavy (non-hydrogen) atoms. The van der Waals surface area contributed by atoms with Crippen molar-refractivity contribution in [1.82, 2.24) is 10.2 Å². The minimum atomic E-state index is -0.532. The van der Waals surface area contributed by atoms with Crippen LogP contribution in [0.15, 0.2) is 12.1 Å². The average molecular weight is 375 g/mol. The highest BCUT2D eigenvalue weighted by Crippen LogP contribution is 2.33. The summed E-state index contributed by atoms with van der Waals surface area (Å²) in [5.74, 6) is -0.338. The standard InChI is InChI=1S/C17H21Cl2FN2O2/c1-10-6-11(2-3-21-10)17(23)22-4-5-24-16(9-22)12-7-15(20)14(19)8-13(12)18/h7-8,10-11,16,21H,2-6,9H2,1H3/t10-,11-,16?/m0/s1. The summed E-state index contributed by atoms with van der Waals surface area (Å²) in [6, 6.07) is 3.03. The summed E-state index contributed by atoms with van der Waals surface area (Å²) in [6.07, 6.45) is 1.26. The quantitative estimate of drug-likeness (QED) is 0.806. The van der Waals surface area contributed by atoms with Crippen LogP contribution in [0.2, 0.25) is 10.0 Å². The minimum Gasteiger partial charge on any atom is -0.370 e. The number of hydrogen-bond donors (Lipinski definition) is 1. The molecule has 3 rings (SSSR count). The largest absolute Gasteiger partial charge is 0.370 e. The molecule has 2 fully saturated rings. The number of amides is 1. The molecule has 2 aliphatic heterocycles. The lowest BCUT2D eigenvalue weighted by Gasteiger charge is -2.37. The fraction of sp³-hybridized carbons (Fsp3) is 0.588. The van der Waals surface area contributed by atoms with Gasteiger partial charge in [0.25, 0.3) is 0 Å². The van der Waals surface area contributed by atoms with E-state index in [0.29, 0.717) is 36.3 Å². The molecule has 1 aromatic rings. The molecule has 7 heteroatoms. The molecule has 0 bridgehead atoms. The number of nitrogens with one attached hydrogen (secondary N) is 1. The fourth-order valence-corrected chi connectivity index (χ4v) is 3.94. The number of nitrogens with zero attached hydrogens (tertiary/aromatic N) is 1. The second kappa shape index (κ2) is 7.56. The number of rotatable bonds is 2. The maximum Gasteiger partial charge on any atom is 0.225 e. The van der Waals surface area contributed by atoms with Gasteiger partial charge in [-0.1, -0.05) is 23.2 Å². The lowest BCUT2D eigenvalue weighted by atomic mass is 9.91. The lowest BCUT2D eigenvalue weighted by molar-refractivity contribution is -0.144. The van der Waals surface area contributed by atoms with E-state index in [1.165, 1.54) is 12.1 Å². The van der Waals surface area contributed by atoms with Crippen molar-refractivity contribution >= 4 is 29.1 Å². The average Bonchev–Trinajstić information content (AvgIpc) is 2.57. The molecule has 4 nitrogen and oxygen atoms in total. The molecule has 3 atom stereocenters. The van der Waals surface area contributed by atoms with E-state index in [-0.39, 0.29) is 16.8 Å². The van der Waals surface area contributed by atoms with Crippen LogP contribution in [0.1, 0.15) is 31.4 Å². The Labute approximate surface area is 151 Å². The van der Waals surface area contributed by atoms with Crippen LogP contribution in [0.5, 0.6) is 0 Å². The zero-order chi connectivity index (χ0) is 17.3. The van der Waals surface area contributed by atoms with Gasteiger partial charge in [0.2, 0.25) is 5.91 Å². The van der Waals surface area contributed by atoms with Gasteiger partial charge in [0, 0.05) is 29.1 Å². The van der Waals surface area contributed by atoms with Crippen LogP contribution in [0, 0.1) is 11.7 Å². The van der Waals surface area contributed by atoms with Crippen molar-refractivity contribution in [3.63, 3.8) is 0 Å². The Morgan fingerprint density at radius 1 is 1.38 bits per heavy atom. The smallest absolute Gasteiger partial charge is 0.225 e. The first-order valence-electron chi connectivity index (χ1n) is 8.24. The second-order valence-corrected chi connectivity index (χ2v) is 7.32. The first-order chi connectivity index (χ1) is 11.5. The zero-order valence-corrected chi connectivity index (χ0v) is 15.0. The molecular formula is C17H21Cl2FN2O2. The van der Waals surface area contributed by atoms with Crippen molar-refractivity contribution in [3.05, 3.63) is 33.6 Å². The molecule has 132 valence electrons. The number of morpholine rings is 1. The lowest BCUT2D eigenvalue weighted by Crippen LogP contribution is -2.48. The van der Waals surface area contributed by atoms with Crippen molar-refractivity contribution in [2.24, 2.45) is 5.92 Å². The molecule has 0 saturated carbocycles. The summed E-state index contributed by atoms with van der Waals surface area (Å²) in [7, 11) is 0. The summed E-state index contributed by atoms with van der Waals surface area (Å²) < 4.78 is 19.5. The second-order valence-electron chi connectivity index (χ2n) is 6.51. The van der Waals surface area contributed by atoms with E-state index < -0.39 is 11.9 Å². The van der Waals surface area contributed by atoms with Gasteiger partial charge in [0.1, 0.15) is 11.9 Å². The molecule has 0 spiro atoms. The van der Waals surface area contributed by atoms with Crippen LogP contribution in [0.25, 0.3) is 0 Å². The number of carbonyl (C=O) groups excluding carboxylic acids is 1. The number of benzene rings is 1. The summed E-state index contributed by atoms with van der Waals surface area (Å²) >= 11 is 11.9. The monoisotopic (exact) mass is 374 g/mol. The molecule has 2 saturated heterocycles. The number of halogens is 3. The molecule has 1 aromatic carbocycles. The number of ether oxygens (including phenoxy) is 1. The number of hydrogen-bond acceptors (Lipinski definition) is 3. The van der Waals surface area contributed by atoms with Gasteiger partial charge in [-0.25, -0.2) is 4.39 Å². The summed E-state index contributed by atoms with van der Waals surface area (Å²) in [4.78, 5) is 14.6. The van der Waals surface area contributed by atoms with E-state index in [2.05, 4.69) is 12.2 Å². The Kier molecular flexibility index (Phi) is 5.65. The third-order valence-corrected chi connectivity index (χ3v) is 5.35. The van der Waals surface area contributed by atoms with Gasteiger partial charge in [-0.05, 0) is 38.4 Å². The van der Waals surface area contributed by atoms with E-state index in [9.17, 15) is 9.18 Å². The summed E-state index contributed by atoms with van der Waals surface area (Å²) in [6.45, 7) is 4.31. The maximum absolute atomic E-state index is 13.8. The topological polar surface area (TPSA) is 41.6 Å². The highest BCUT2D eigenvalue weighted by atomic mass is 35.5. The fourth-order valence-electron chi connectivity index (χ4n) is 3.44. The summed E-state index contributed by atoms with van der Waals surface area (Å²) in [5, 5.41) is 3.70. The SMILES string of the molecule is C[C@H]1C[C@@H](C(=O)N2CCOC(c3cc(F)c(Cl)cc3Cl)C2)CCN1. The first kappa shape index (κ1) is 17.9. The minimum absolute atomic E-state index is 0.0174.